The Morgan fingerprint density at radius 3 is 1.31 bits per heavy atom. The Bertz CT molecular complexity index is 1220. The minimum atomic E-state index is -0.415. The molecule has 0 saturated carbocycles. The number of nitrogens with one attached hydrogen (secondary N) is 2. The Kier molecular flexibility index (Phi) is 6.97. The number of rotatable bonds is 8. The number of carbonyl (C=O) groups excluding carboxylic acids is 4. The topological polar surface area (TPSA) is 111 Å². The average Bonchev–Trinajstić information content (AvgIpc) is 3.35. The van der Waals surface area contributed by atoms with Crippen LogP contribution >= 0.6 is 23.5 Å². The standard InChI is InChI=1S/C26H20N2O6S2/c29-23-21(35-25(31)27-23)13-15-5-9-17(10-6-15)33-19-3-1-2-4-20(19)34-18-11-7-16(8-12-18)14-22-24(30)28-26(32)36-22/h1-12,21-22H,13-14H2,(H,27,29,31)(H,28,30,32). The van der Waals surface area contributed by atoms with Crippen molar-refractivity contribution < 1.29 is 28.7 Å². The molecule has 2 heterocycles. The molecule has 0 spiro atoms. The van der Waals surface area contributed by atoms with Gasteiger partial charge in [0.15, 0.2) is 11.5 Å². The lowest BCUT2D eigenvalue weighted by atomic mass is 10.1. The largest absolute Gasteiger partial charge is 0.453 e. The summed E-state index contributed by atoms with van der Waals surface area (Å²) >= 11 is 2.01. The van der Waals surface area contributed by atoms with E-state index in [9.17, 15) is 19.2 Å². The van der Waals surface area contributed by atoms with Crippen molar-refractivity contribution in [2.75, 3.05) is 0 Å². The lowest BCUT2D eigenvalue weighted by molar-refractivity contribution is -0.119. The van der Waals surface area contributed by atoms with Crippen molar-refractivity contribution >= 4 is 45.8 Å². The molecular weight excluding hydrogens is 500 g/mol. The Hall–Kier alpha value is -3.76. The summed E-state index contributed by atoms with van der Waals surface area (Å²) in [4.78, 5) is 46.3. The molecule has 0 aromatic heterocycles. The van der Waals surface area contributed by atoms with Gasteiger partial charge in [0.1, 0.15) is 11.5 Å². The number of thioether (sulfide) groups is 2. The molecule has 2 atom stereocenters. The van der Waals surface area contributed by atoms with Crippen LogP contribution in [0.4, 0.5) is 9.59 Å². The highest BCUT2D eigenvalue weighted by molar-refractivity contribution is 8.15. The van der Waals surface area contributed by atoms with Crippen LogP contribution in [-0.4, -0.2) is 32.8 Å². The van der Waals surface area contributed by atoms with E-state index >= 15 is 0 Å². The van der Waals surface area contributed by atoms with Crippen molar-refractivity contribution in [3.8, 4) is 23.0 Å². The lowest BCUT2D eigenvalue weighted by Crippen LogP contribution is -2.25. The van der Waals surface area contributed by atoms with Gasteiger partial charge >= 0.3 is 0 Å². The normalized spacial score (nSPS) is 19.2. The van der Waals surface area contributed by atoms with E-state index in [-0.39, 0.29) is 22.3 Å². The smallest absolute Gasteiger partial charge is 0.286 e. The molecule has 2 aliphatic rings. The zero-order valence-corrected chi connectivity index (χ0v) is 20.4. The minimum absolute atomic E-state index is 0.262. The van der Waals surface area contributed by atoms with Crippen LogP contribution in [-0.2, 0) is 22.4 Å². The van der Waals surface area contributed by atoms with Crippen molar-refractivity contribution in [3.63, 3.8) is 0 Å². The summed E-state index contributed by atoms with van der Waals surface area (Å²) in [5.74, 6) is 1.74. The minimum Gasteiger partial charge on any atom is -0.453 e. The highest BCUT2D eigenvalue weighted by Gasteiger charge is 2.32. The Labute approximate surface area is 215 Å². The van der Waals surface area contributed by atoms with E-state index in [2.05, 4.69) is 10.6 Å². The van der Waals surface area contributed by atoms with Crippen molar-refractivity contribution in [2.24, 2.45) is 0 Å². The summed E-state index contributed by atoms with van der Waals surface area (Å²) in [6.07, 6.45) is 0.914. The molecule has 182 valence electrons. The molecule has 8 nitrogen and oxygen atoms in total. The summed E-state index contributed by atoms with van der Waals surface area (Å²) in [6.45, 7) is 0. The van der Waals surface area contributed by atoms with Gasteiger partial charge in [-0.15, -0.1) is 0 Å². The number of imide groups is 2. The average molecular weight is 521 g/mol. The molecule has 4 amide bonds. The Balaban J connectivity index is 1.21. The van der Waals surface area contributed by atoms with Crippen LogP contribution in [0, 0.1) is 0 Å². The fourth-order valence-electron chi connectivity index (χ4n) is 3.74. The van der Waals surface area contributed by atoms with Crippen LogP contribution in [0.25, 0.3) is 0 Å². The van der Waals surface area contributed by atoms with Gasteiger partial charge in [-0.3, -0.25) is 29.8 Å². The van der Waals surface area contributed by atoms with E-state index in [1.807, 2.05) is 60.7 Å². The number of benzene rings is 3. The fraction of sp³-hybridized carbons (Fsp3) is 0.154. The molecule has 36 heavy (non-hydrogen) atoms. The van der Waals surface area contributed by atoms with Gasteiger partial charge in [0.2, 0.25) is 11.8 Å². The predicted molar refractivity (Wildman–Crippen MR) is 137 cm³/mol. The first-order chi connectivity index (χ1) is 17.4. The molecule has 10 heteroatoms. The third kappa shape index (κ3) is 5.72. The van der Waals surface area contributed by atoms with Crippen molar-refractivity contribution in [1.29, 1.82) is 0 Å². The monoisotopic (exact) mass is 520 g/mol. The summed E-state index contributed by atoms with van der Waals surface area (Å²) in [6, 6.07) is 22.0. The number of hydrogen-bond acceptors (Lipinski definition) is 8. The maximum Gasteiger partial charge on any atom is 0.286 e. The van der Waals surface area contributed by atoms with E-state index < -0.39 is 10.5 Å². The molecule has 2 saturated heterocycles. The van der Waals surface area contributed by atoms with Crippen LogP contribution in [0.3, 0.4) is 0 Å². The number of ether oxygens (including phenoxy) is 2. The van der Waals surface area contributed by atoms with E-state index in [0.29, 0.717) is 35.8 Å². The van der Waals surface area contributed by atoms with E-state index in [1.54, 1.807) is 12.1 Å². The molecule has 2 fully saturated rings. The molecule has 0 aliphatic carbocycles. The first kappa shape index (κ1) is 24.0. The summed E-state index contributed by atoms with van der Waals surface area (Å²) < 4.78 is 12.1. The maximum absolute atomic E-state index is 11.8. The van der Waals surface area contributed by atoms with Crippen LogP contribution < -0.4 is 20.1 Å². The first-order valence-corrected chi connectivity index (χ1v) is 12.8. The van der Waals surface area contributed by atoms with Gasteiger partial charge in [0.05, 0.1) is 10.5 Å². The zero-order chi connectivity index (χ0) is 25.1. The first-order valence-electron chi connectivity index (χ1n) is 11.1. The van der Waals surface area contributed by atoms with Gasteiger partial charge in [0.25, 0.3) is 10.5 Å². The molecule has 2 aliphatic heterocycles. The van der Waals surface area contributed by atoms with Gasteiger partial charge in [-0.1, -0.05) is 59.9 Å². The Morgan fingerprint density at radius 2 is 0.972 bits per heavy atom. The molecule has 2 unspecified atom stereocenters. The van der Waals surface area contributed by atoms with Gasteiger partial charge in [-0.25, -0.2) is 0 Å². The van der Waals surface area contributed by atoms with Crippen LogP contribution in [0.1, 0.15) is 11.1 Å². The SMILES string of the molecule is O=C1NC(=O)C(Cc2ccc(Oc3ccccc3Oc3ccc(CC4SC(=O)NC4=O)cc3)cc2)S1. The molecule has 5 rings (SSSR count). The van der Waals surface area contributed by atoms with E-state index in [4.69, 9.17) is 9.47 Å². The molecule has 3 aromatic rings. The highest BCUT2D eigenvalue weighted by atomic mass is 32.2. The predicted octanol–water partition coefficient (Wildman–Crippen LogP) is 5.06. The summed E-state index contributed by atoms with van der Waals surface area (Å²) in [7, 11) is 0. The maximum atomic E-state index is 11.8. The third-order valence-corrected chi connectivity index (χ3v) is 7.49. The third-order valence-electron chi connectivity index (χ3n) is 5.53. The van der Waals surface area contributed by atoms with Crippen LogP contribution in [0.15, 0.2) is 72.8 Å². The van der Waals surface area contributed by atoms with Gasteiger partial charge < -0.3 is 9.47 Å². The summed E-state index contributed by atoms with van der Waals surface area (Å²) in [5, 5.41) is 3.14. The number of carbonyl (C=O) groups is 4. The fourth-order valence-corrected chi connectivity index (χ4v) is 5.46. The molecule has 0 bridgehead atoms. The molecule has 3 aromatic carbocycles. The van der Waals surface area contributed by atoms with Crippen LogP contribution in [0.2, 0.25) is 0 Å². The zero-order valence-electron chi connectivity index (χ0n) is 18.8. The summed E-state index contributed by atoms with van der Waals surface area (Å²) in [5.41, 5.74) is 1.85. The van der Waals surface area contributed by atoms with Crippen LogP contribution in [0.5, 0.6) is 23.0 Å². The second kappa shape index (κ2) is 10.5. The van der Waals surface area contributed by atoms with Crippen molar-refractivity contribution in [1.82, 2.24) is 10.6 Å². The Morgan fingerprint density at radius 1 is 0.583 bits per heavy atom. The van der Waals surface area contributed by atoms with Crippen molar-refractivity contribution in [2.45, 2.75) is 23.3 Å². The highest BCUT2D eigenvalue weighted by Crippen LogP contribution is 2.35. The number of amides is 4. The van der Waals surface area contributed by atoms with Crippen molar-refractivity contribution in [3.05, 3.63) is 83.9 Å². The second-order valence-corrected chi connectivity index (χ2v) is 10.5. The van der Waals surface area contributed by atoms with E-state index in [1.165, 1.54) is 0 Å². The van der Waals surface area contributed by atoms with Gasteiger partial charge in [-0.2, -0.15) is 0 Å². The number of hydrogen-bond donors (Lipinski definition) is 2. The lowest BCUT2D eigenvalue weighted by Gasteiger charge is -2.13. The number of para-hydroxylation sites is 2. The van der Waals surface area contributed by atoms with Gasteiger partial charge in [0, 0.05) is 0 Å². The molecular formula is C26H20N2O6S2. The molecule has 2 N–H and O–H groups in total. The quantitative estimate of drug-likeness (QED) is 0.424. The van der Waals surface area contributed by atoms with E-state index in [0.717, 1.165) is 34.7 Å². The molecule has 0 radical (unpaired) electrons. The van der Waals surface area contributed by atoms with Gasteiger partial charge in [-0.05, 0) is 60.4 Å². The second-order valence-electron chi connectivity index (χ2n) is 8.11.